The number of amides is 1. The molecule has 1 aromatic heterocycles. The Morgan fingerprint density at radius 2 is 1.96 bits per heavy atom. The van der Waals surface area contributed by atoms with Gasteiger partial charge in [-0.3, -0.25) is 4.79 Å². The third kappa shape index (κ3) is 6.24. The molecule has 1 fully saturated rings. The third-order valence-corrected chi connectivity index (χ3v) is 5.43. The highest BCUT2D eigenvalue weighted by atomic mass is 32.1. The van der Waals surface area contributed by atoms with Crippen LogP contribution in [0.1, 0.15) is 63.4 Å². The van der Waals surface area contributed by atoms with Crippen molar-refractivity contribution in [3.8, 4) is 0 Å². The average molecular weight is 339 g/mol. The van der Waals surface area contributed by atoms with Crippen molar-refractivity contribution in [2.75, 3.05) is 13.1 Å². The van der Waals surface area contributed by atoms with E-state index in [0.717, 1.165) is 30.8 Å². The molecule has 1 aromatic rings. The Labute approximate surface area is 143 Å². The SMILES string of the molecule is CC(CC(=O)N1CCCCCC1)NC(C)CC(O)c1cccs1. The molecule has 0 radical (unpaired) electrons. The molecule has 3 unspecified atom stereocenters. The van der Waals surface area contributed by atoms with Crippen LogP contribution in [0.2, 0.25) is 0 Å². The molecule has 4 nitrogen and oxygen atoms in total. The second-order valence-electron chi connectivity index (χ2n) is 6.73. The minimum Gasteiger partial charge on any atom is -0.388 e. The molecule has 2 N–H and O–H groups in total. The minimum atomic E-state index is -0.425. The fourth-order valence-electron chi connectivity index (χ4n) is 3.26. The summed E-state index contributed by atoms with van der Waals surface area (Å²) in [5, 5.41) is 15.6. The van der Waals surface area contributed by atoms with Gasteiger partial charge in [0.25, 0.3) is 0 Å². The van der Waals surface area contributed by atoms with Gasteiger partial charge in [-0.1, -0.05) is 18.9 Å². The fraction of sp³-hybridized carbons (Fsp3) is 0.722. The summed E-state index contributed by atoms with van der Waals surface area (Å²) in [6, 6.07) is 4.24. The summed E-state index contributed by atoms with van der Waals surface area (Å²) >= 11 is 1.58. The van der Waals surface area contributed by atoms with Crippen LogP contribution in [-0.4, -0.2) is 41.1 Å². The number of hydrogen-bond acceptors (Lipinski definition) is 4. The van der Waals surface area contributed by atoms with Crippen molar-refractivity contribution in [1.82, 2.24) is 10.2 Å². The van der Waals surface area contributed by atoms with Gasteiger partial charge in [0.15, 0.2) is 0 Å². The van der Waals surface area contributed by atoms with Crippen LogP contribution in [0.4, 0.5) is 0 Å². The lowest BCUT2D eigenvalue weighted by molar-refractivity contribution is -0.131. The molecule has 0 aliphatic carbocycles. The van der Waals surface area contributed by atoms with Gasteiger partial charge < -0.3 is 15.3 Å². The van der Waals surface area contributed by atoms with E-state index < -0.39 is 6.10 Å². The zero-order valence-electron chi connectivity index (χ0n) is 14.3. The van der Waals surface area contributed by atoms with E-state index in [4.69, 9.17) is 0 Å². The molecule has 2 heterocycles. The van der Waals surface area contributed by atoms with Crippen LogP contribution in [0.15, 0.2) is 17.5 Å². The number of likely N-dealkylation sites (tertiary alicyclic amines) is 1. The first-order valence-electron chi connectivity index (χ1n) is 8.81. The molecule has 1 amide bonds. The number of thiophene rings is 1. The average Bonchev–Trinajstić information content (AvgIpc) is 2.89. The second-order valence-corrected chi connectivity index (χ2v) is 7.71. The smallest absolute Gasteiger partial charge is 0.224 e. The molecule has 23 heavy (non-hydrogen) atoms. The highest BCUT2D eigenvalue weighted by molar-refractivity contribution is 7.10. The van der Waals surface area contributed by atoms with Crippen molar-refractivity contribution >= 4 is 17.2 Å². The number of carbonyl (C=O) groups excluding carboxylic acids is 1. The highest BCUT2D eigenvalue weighted by Gasteiger charge is 2.20. The number of rotatable bonds is 7. The zero-order valence-corrected chi connectivity index (χ0v) is 15.1. The van der Waals surface area contributed by atoms with Gasteiger partial charge in [-0.2, -0.15) is 0 Å². The second kappa shape index (κ2) is 9.40. The van der Waals surface area contributed by atoms with E-state index in [9.17, 15) is 9.90 Å². The number of nitrogens with one attached hydrogen (secondary N) is 1. The first kappa shape index (κ1) is 18.4. The van der Waals surface area contributed by atoms with Crippen LogP contribution in [0.5, 0.6) is 0 Å². The van der Waals surface area contributed by atoms with Gasteiger partial charge in [0.2, 0.25) is 5.91 Å². The molecular weight excluding hydrogens is 308 g/mol. The standard InChI is InChI=1S/C18H30N2O2S/c1-14(12-16(21)17-8-7-11-23-17)19-15(2)13-18(22)20-9-5-3-4-6-10-20/h7-8,11,14-16,19,21H,3-6,9-10,12-13H2,1-2H3. The fourth-order valence-corrected chi connectivity index (χ4v) is 3.98. The minimum absolute atomic E-state index is 0.135. The molecule has 0 bridgehead atoms. The van der Waals surface area contributed by atoms with Gasteiger partial charge in [-0.15, -0.1) is 11.3 Å². The lowest BCUT2D eigenvalue weighted by atomic mass is 10.1. The van der Waals surface area contributed by atoms with Gasteiger partial charge in [0.1, 0.15) is 0 Å². The Hall–Kier alpha value is -0.910. The highest BCUT2D eigenvalue weighted by Crippen LogP contribution is 2.23. The van der Waals surface area contributed by atoms with Crippen LogP contribution in [0.25, 0.3) is 0 Å². The lowest BCUT2D eigenvalue weighted by Gasteiger charge is -2.25. The molecule has 5 heteroatoms. The summed E-state index contributed by atoms with van der Waals surface area (Å²) in [4.78, 5) is 15.4. The molecule has 1 aliphatic heterocycles. The largest absolute Gasteiger partial charge is 0.388 e. The maximum atomic E-state index is 12.4. The molecule has 3 atom stereocenters. The molecule has 0 saturated carbocycles. The van der Waals surface area contributed by atoms with Crippen LogP contribution in [0.3, 0.4) is 0 Å². The quantitative estimate of drug-likeness (QED) is 0.802. The maximum Gasteiger partial charge on any atom is 0.224 e. The Balaban J connectivity index is 1.72. The van der Waals surface area contributed by atoms with Crippen LogP contribution >= 0.6 is 11.3 Å². The van der Waals surface area contributed by atoms with Gasteiger partial charge >= 0.3 is 0 Å². The Morgan fingerprint density at radius 1 is 1.26 bits per heavy atom. The number of nitrogens with zero attached hydrogens (tertiary/aromatic N) is 1. The molecule has 130 valence electrons. The summed E-state index contributed by atoms with van der Waals surface area (Å²) in [6.07, 6.45) is 5.55. The predicted octanol–water partition coefficient (Wildman–Crippen LogP) is 3.33. The molecule has 1 aliphatic rings. The first-order valence-corrected chi connectivity index (χ1v) is 9.69. The van der Waals surface area contributed by atoms with E-state index in [0.29, 0.717) is 12.8 Å². The third-order valence-electron chi connectivity index (χ3n) is 4.46. The number of carbonyl (C=O) groups is 1. The Bertz CT molecular complexity index is 456. The monoisotopic (exact) mass is 338 g/mol. The summed E-state index contributed by atoms with van der Waals surface area (Å²) < 4.78 is 0. The van der Waals surface area contributed by atoms with Crippen molar-refractivity contribution in [3.05, 3.63) is 22.4 Å². The summed E-state index contributed by atoms with van der Waals surface area (Å²) in [5.74, 6) is 0.262. The van der Waals surface area contributed by atoms with Crippen LogP contribution < -0.4 is 5.32 Å². The van der Waals surface area contributed by atoms with Crippen LogP contribution in [-0.2, 0) is 4.79 Å². The summed E-state index contributed by atoms with van der Waals surface area (Å²) in [5.41, 5.74) is 0. The van der Waals surface area contributed by atoms with Crippen molar-refractivity contribution in [1.29, 1.82) is 0 Å². The molecular formula is C18H30N2O2S. The van der Waals surface area contributed by atoms with Crippen LogP contribution in [0, 0.1) is 0 Å². The summed E-state index contributed by atoms with van der Waals surface area (Å²) in [7, 11) is 0. The predicted molar refractivity (Wildman–Crippen MR) is 95.6 cm³/mol. The molecule has 2 rings (SSSR count). The van der Waals surface area contributed by atoms with Gasteiger partial charge in [-0.25, -0.2) is 0 Å². The topological polar surface area (TPSA) is 52.6 Å². The van der Waals surface area contributed by atoms with E-state index >= 15 is 0 Å². The van der Waals surface area contributed by atoms with E-state index in [1.165, 1.54) is 12.8 Å². The van der Waals surface area contributed by atoms with Crippen molar-refractivity contribution in [3.63, 3.8) is 0 Å². The number of aliphatic hydroxyl groups is 1. The van der Waals surface area contributed by atoms with Crippen molar-refractivity contribution < 1.29 is 9.90 Å². The lowest BCUT2D eigenvalue weighted by Crippen LogP contribution is -2.41. The number of aliphatic hydroxyl groups excluding tert-OH is 1. The van der Waals surface area contributed by atoms with E-state index in [1.807, 2.05) is 22.4 Å². The van der Waals surface area contributed by atoms with Crippen molar-refractivity contribution in [2.45, 2.75) is 70.6 Å². The summed E-state index contributed by atoms with van der Waals surface area (Å²) in [6.45, 7) is 5.96. The Morgan fingerprint density at radius 3 is 2.57 bits per heavy atom. The van der Waals surface area contributed by atoms with Gasteiger partial charge in [-0.05, 0) is 44.6 Å². The first-order chi connectivity index (χ1) is 11.1. The zero-order chi connectivity index (χ0) is 16.7. The molecule has 1 saturated heterocycles. The van der Waals surface area contributed by atoms with E-state index in [1.54, 1.807) is 11.3 Å². The molecule has 0 aromatic carbocycles. The molecule has 0 spiro atoms. The van der Waals surface area contributed by atoms with Gasteiger partial charge in [0, 0.05) is 36.5 Å². The van der Waals surface area contributed by atoms with Crippen molar-refractivity contribution in [2.24, 2.45) is 0 Å². The van der Waals surface area contributed by atoms with E-state index in [-0.39, 0.29) is 18.0 Å². The van der Waals surface area contributed by atoms with Gasteiger partial charge in [0.05, 0.1) is 6.10 Å². The Kier molecular flexibility index (Phi) is 7.53. The number of hydrogen-bond donors (Lipinski definition) is 2. The van der Waals surface area contributed by atoms with E-state index in [2.05, 4.69) is 19.2 Å². The normalized spacial score (nSPS) is 19.9. The maximum absolute atomic E-state index is 12.4.